The maximum atomic E-state index is 14.7. The number of hydrogen-bond donors (Lipinski definition) is 3. The number of nitrogens with zero attached hydrogens (tertiary/aromatic N) is 2. The summed E-state index contributed by atoms with van der Waals surface area (Å²) in [4.78, 5) is 62.9. The third-order valence-corrected chi connectivity index (χ3v) is 12.5. The number of ether oxygens (including phenoxy) is 6. The average molecular weight is 884 g/mol. The molecule has 0 unspecified atom stereocenters. The lowest BCUT2D eigenvalue weighted by atomic mass is 9.86. The van der Waals surface area contributed by atoms with Gasteiger partial charge in [0.1, 0.15) is 46.4 Å². The third-order valence-electron chi connectivity index (χ3n) is 12.5. The number of allylic oxidation sites excluding steroid dienone is 2. The van der Waals surface area contributed by atoms with Crippen LogP contribution in [0.3, 0.4) is 0 Å². The maximum Gasteiger partial charge on any atom is 0.312 e. The van der Waals surface area contributed by atoms with E-state index in [4.69, 9.17) is 37.8 Å². The molecule has 1 aliphatic carbocycles. The summed E-state index contributed by atoms with van der Waals surface area (Å²) in [6.07, 6.45) is 5.38. The van der Waals surface area contributed by atoms with Crippen molar-refractivity contribution < 1.29 is 57.4 Å². The molecule has 64 heavy (non-hydrogen) atoms. The quantitative estimate of drug-likeness (QED) is 0.0754. The van der Waals surface area contributed by atoms with Crippen molar-refractivity contribution in [2.75, 3.05) is 39.7 Å². The molecule has 1 fully saturated rings. The number of rotatable bonds is 8. The number of ketones is 1. The molecule has 0 aromatic heterocycles. The lowest BCUT2D eigenvalue weighted by molar-refractivity contribution is -0.168. The number of aliphatic hydroxyl groups is 1. The first-order chi connectivity index (χ1) is 30.4. The molecule has 1 amide bonds. The summed E-state index contributed by atoms with van der Waals surface area (Å²) in [7, 11) is 5.47. The Hall–Kier alpha value is -5.81. The summed E-state index contributed by atoms with van der Waals surface area (Å²) < 4.78 is 42.9. The highest BCUT2D eigenvalue weighted by Crippen LogP contribution is 2.50. The van der Waals surface area contributed by atoms with Crippen LogP contribution in [0.5, 0.6) is 17.2 Å². The molecule has 8 rings (SSSR count). The highest BCUT2D eigenvalue weighted by atomic mass is 16.7. The number of aliphatic hydroxyl groups excluding tert-OH is 1. The van der Waals surface area contributed by atoms with Crippen LogP contribution in [-0.4, -0.2) is 108 Å². The molecule has 342 valence electrons. The second-order valence-corrected chi connectivity index (χ2v) is 17.4. The Morgan fingerprint density at radius 1 is 1.03 bits per heavy atom. The van der Waals surface area contributed by atoms with Crippen LogP contribution in [0.15, 0.2) is 63.6 Å². The summed E-state index contributed by atoms with van der Waals surface area (Å²) in [5, 5.41) is 25.7. The Kier molecular flexibility index (Phi) is 13.2. The van der Waals surface area contributed by atoms with Gasteiger partial charge in [-0.1, -0.05) is 39.0 Å². The Labute approximate surface area is 371 Å². The van der Waals surface area contributed by atoms with Crippen LogP contribution in [0.1, 0.15) is 70.3 Å². The van der Waals surface area contributed by atoms with Gasteiger partial charge in [0.15, 0.2) is 11.3 Å². The number of methoxy groups -OCH3 is 1. The van der Waals surface area contributed by atoms with E-state index < -0.39 is 71.1 Å². The molecule has 0 radical (unpaired) electrons. The van der Waals surface area contributed by atoms with Crippen LogP contribution in [0.2, 0.25) is 0 Å². The van der Waals surface area contributed by atoms with Gasteiger partial charge in [0.2, 0.25) is 5.43 Å². The number of hydrogen-bond acceptors (Lipinski definition) is 15. The molecule has 16 heteroatoms. The number of carbonyl (C=O) groups excluding carboxylic acids is 3. The molecular weight excluding hydrogens is 827 g/mol. The molecule has 5 heterocycles. The lowest BCUT2D eigenvalue weighted by Gasteiger charge is -2.33. The summed E-state index contributed by atoms with van der Waals surface area (Å²) in [5.41, 5.74) is -0.360. The van der Waals surface area contributed by atoms with Crippen molar-refractivity contribution in [3.05, 3.63) is 75.7 Å². The number of anilines is 1. The first kappa shape index (κ1) is 46.2. The SMILES string of the molecule is CO[C@H]1/C=C/O[C@@]2(C)Oc3c(C)c(O)c4c(=O)c(c5oc6cc(OCCCCN(C)C)ccc6nc-5c4c3C2=O)NC(=O)/C(C)=C\C=C\[C@H](C)[C@@H]2O[C@H]([C@H](O)[C@@H]2C)[C@H](OC(C)=O)[C@@H]1C. The minimum atomic E-state index is -2.02. The lowest BCUT2D eigenvalue weighted by Crippen LogP contribution is -2.46. The number of fused-ring (bicyclic) bond motifs is 9. The van der Waals surface area contributed by atoms with Gasteiger partial charge in [-0.15, -0.1) is 0 Å². The summed E-state index contributed by atoms with van der Waals surface area (Å²) in [6.45, 7) is 12.6. The fourth-order valence-electron chi connectivity index (χ4n) is 8.77. The van der Waals surface area contributed by atoms with Gasteiger partial charge in [0, 0.05) is 61.3 Å². The maximum absolute atomic E-state index is 14.7. The molecule has 16 nitrogen and oxygen atoms in total. The number of phenolic OH excluding ortho intramolecular Hbond substituents is 1. The molecule has 6 aliphatic rings. The molecule has 2 aromatic rings. The van der Waals surface area contributed by atoms with Crippen LogP contribution in [0.25, 0.3) is 33.3 Å². The van der Waals surface area contributed by atoms with E-state index in [1.165, 1.54) is 40.2 Å². The van der Waals surface area contributed by atoms with Crippen LogP contribution in [-0.2, 0) is 28.5 Å². The van der Waals surface area contributed by atoms with Crippen molar-refractivity contribution in [2.24, 2.45) is 17.8 Å². The predicted molar refractivity (Wildman–Crippen MR) is 238 cm³/mol. The Bertz CT molecular complexity index is 2600. The minimum absolute atomic E-state index is 0.00272. The second-order valence-electron chi connectivity index (χ2n) is 17.4. The first-order valence-electron chi connectivity index (χ1n) is 21.5. The van der Waals surface area contributed by atoms with Crippen LogP contribution < -0.4 is 20.2 Å². The van der Waals surface area contributed by atoms with Gasteiger partial charge in [-0.2, -0.15) is 0 Å². The van der Waals surface area contributed by atoms with Gasteiger partial charge in [0.05, 0.1) is 42.1 Å². The number of carbonyl (C=O) groups is 3. The molecule has 7 bridgehead atoms. The van der Waals surface area contributed by atoms with Crippen molar-refractivity contribution in [3.63, 3.8) is 0 Å². The Morgan fingerprint density at radius 3 is 2.48 bits per heavy atom. The van der Waals surface area contributed by atoms with Crippen molar-refractivity contribution in [2.45, 2.75) is 97.6 Å². The minimum Gasteiger partial charge on any atom is -0.507 e. The van der Waals surface area contributed by atoms with Gasteiger partial charge in [-0.25, -0.2) is 4.98 Å². The normalized spacial score (nSPS) is 29.2. The fourth-order valence-corrected chi connectivity index (χ4v) is 8.77. The van der Waals surface area contributed by atoms with E-state index in [1.54, 1.807) is 44.2 Å². The Morgan fingerprint density at radius 2 is 1.78 bits per heavy atom. The smallest absolute Gasteiger partial charge is 0.312 e. The van der Waals surface area contributed by atoms with Gasteiger partial charge in [-0.05, 0) is 65.5 Å². The van der Waals surface area contributed by atoms with Crippen molar-refractivity contribution >= 4 is 45.2 Å². The van der Waals surface area contributed by atoms with Crippen LogP contribution in [0, 0.1) is 24.7 Å². The van der Waals surface area contributed by atoms with E-state index in [0.29, 0.717) is 17.9 Å². The standard InChI is InChI=1S/C48H57N3O13/c1-23-14-13-15-24(2)47(57)50-37-40(55)34-33(36-44(37)62-32-22-29(16-17-30(32)49-36)59-20-12-11-19-51(8)9)35-42(26(4)38(34)53)64-48(7,46(35)56)60-21-18-31(58-10)25(3)43(61-28(6)52)45-39(54)27(5)41(23)63-45/h13-18,21-23,25,27,31,39,41,43,45,53-54H,11-12,19-20H2,1-10H3,(H,50,57)/b14-13+,21-18+,24-15-/t23-,25+,27-,31-,39+,41-,43+,45+,48-/m0/s1. The molecule has 2 aromatic carbocycles. The van der Waals surface area contributed by atoms with E-state index in [9.17, 15) is 29.4 Å². The zero-order chi connectivity index (χ0) is 46.4. The molecule has 0 spiro atoms. The first-order valence-corrected chi connectivity index (χ1v) is 21.5. The van der Waals surface area contributed by atoms with Crippen LogP contribution >= 0.6 is 0 Å². The number of aromatic hydroxyl groups is 1. The van der Waals surface area contributed by atoms with Crippen LogP contribution in [0.4, 0.5) is 5.69 Å². The van der Waals surface area contributed by atoms with E-state index in [1.807, 2.05) is 34.0 Å². The third kappa shape index (κ3) is 8.59. The molecule has 5 aliphatic heterocycles. The topological polar surface area (TPSA) is 205 Å². The Balaban J connectivity index is 1.40. The zero-order valence-electron chi connectivity index (χ0n) is 37.8. The number of esters is 1. The monoisotopic (exact) mass is 883 g/mol. The van der Waals surface area contributed by atoms with Gasteiger partial charge >= 0.3 is 11.8 Å². The summed E-state index contributed by atoms with van der Waals surface area (Å²) >= 11 is 0. The highest BCUT2D eigenvalue weighted by Gasteiger charge is 2.51. The molecule has 1 saturated heterocycles. The van der Waals surface area contributed by atoms with Crippen molar-refractivity contribution in [1.82, 2.24) is 9.88 Å². The molecular formula is C48H57N3O13. The number of phenols is 1. The number of benzene rings is 3. The number of unbranched alkanes of at least 4 members (excludes halogenated alkanes) is 1. The van der Waals surface area contributed by atoms with Gasteiger partial charge < -0.3 is 53.3 Å². The fraction of sp³-hybridized carbons (Fsp3) is 0.479. The number of amides is 1. The molecule has 0 saturated carbocycles. The zero-order valence-corrected chi connectivity index (χ0v) is 37.8. The summed E-state index contributed by atoms with van der Waals surface area (Å²) in [5.74, 6) is -5.41. The van der Waals surface area contributed by atoms with Crippen molar-refractivity contribution in [3.8, 4) is 28.7 Å². The van der Waals surface area contributed by atoms with Gasteiger partial charge in [-0.3, -0.25) is 19.2 Å². The van der Waals surface area contributed by atoms with Gasteiger partial charge in [0.25, 0.3) is 11.7 Å². The van der Waals surface area contributed by atoms with E-state index in [-0.39, 0.29) is 67.8 Å². The largest absolute Gasteiger partial charge is 0.507 e. The second kappa shape index (κ2) is 18.4. The number of nitrogens with one attached hydrogen (secondary N) is 1. The number of Topliss-reactive ketones (excluding diaryl/α,β-unsaturated/α-hetero) is 1. The molecule has 9 atom stereocenters. The van der Waals surface area contributed by atoms with E-state index in [2.05, 4.69) is 10.2 Å². The van der Waals surface area contributed by atoms with E-state index in [0.717, 1.165) is 19.4 Å². The number of aromatic nitrogens is 1. The van der Waals surface area contributed by atoms with Crippen molar-refractivity contribution in [1.29, 1.82) is 0 Å². The predicted octanol–water partition coefficient (Wildman–Crippen LogP) is 6.44. The van der Waals surface area contributed by atoms with E-state index >= 15 is 0 Å². The highest BCUT2D eigenvalue weighted by molar-refractivity contribution is 6.22. The summed E-state index contributed by atoms with van der Waals surface area (Å²) in [6, 6.07) is 5.06. The average Bonchev–Trinajstić information content (AvgIpc) is 3.69. The molecule has 3 N–H and O–H groups in total.